The quantitative estimate of drug-likeness (QED) is 0.855. The van der Waals surface area contributed by atoms with Gasteiger partial charge in [0.1, 0.15) is 5.60 Å². The third-order valence-corrected chi connectivity index (χ3v) is 3.83. The second kappa shape index (κ2) is 5.78. The average molecular weight is 268 g/mol. The molecule has 1 aliphatic carbocycles. The van der Waals surface area contributed by atoms with Crippen molar-refractivity contribution < 1.29 is 18.7 Å². The largest absolute Gasteiger partial charge is 0.382 e. The molecule has 0 aromatic heterocycles. The zero-order valence-electron chi connectivity index (χ0n) is 10.8. The van der Waals surface area contributed by atoms with Crippen LogP contribution in [0.25, 0.3) is 0 Å². The maximum atomic E-state index is 13.5. The number of hydrogen-bond donors (Lipinski definition) is 1. The van der Waals surface area contributed by atoms with Crippen LogP contribution in [-0.2, 0) is 11.2 Å². The van der Waals surface area contributed by atoms with Crippen molar-refractivity contribution in [1.29, 1.82) is 0 Å². The van der Waals surface area contributed by atoms with Gasteiger partial charge >= 0.3 is 0 Å². The molecule has 2 rings (SSSR count). The van der Waals surface area contributed by atoms with E-state index in [1.165, 1.54) is 12.1 Å². The lowest BCUT2D eigenvalue weighted by molar-refractivity contribution is -0.138. The van der Waals surface area contributed by atoms with Gasteiger partial charge in [0.05, 0.1) is 0 Å². The van der Waals surface area contributed by atoms with Gasteiger partial charge in [-0.1, -0.05) is 37.8 Å². The molecule has 1 fully saturated rings. The molecule has 1 aromatic rings. The Morgan fingerprint density at radius 3 is 2.42 bits per heavy atom. The molecule has 1 aliphatic rings. The van der Waals surface area contributed by atoms with E-state index in [4.69, 9.17) is 0 Å². The van der Waals surface area contributed by atoms with E-state index in [1.54, 1.807) is 0 Å². The molecular weight excluding hydrogens is 250 g/mol. The minimum Gasteiger partial charge on any atom is -0.382 e. The molecule has 104 valence electrons. The van der Waals surface area contributed by atoms with Crippen molar-refractivity contribution in [3.8, 4) is 0 Å². The zero-order chi connectivity index (χ0) is 13.9. The normalized spacial score (nSPS) is 18.9. The van der Waals surface area contributed by atoms with Crippen molar-refractivity contribution in [2.45, 2.75) is 50.5 Å². The van der Waals surface area contributed by atoms with Gasteiger partial charge in [0, 0.05) is 6.42 Å². The summed E-state index contributed by atoms with van der Waals surface area (Å²) < 4.78 is 26.6. The van der Waals surface area contributed by atoms with Gasteiger partial charge in [0.25, 0.3) is 0 Å². The molecule has 1 aromatic carbocycles. The van der Waals surface area contributed by atoms with E-state index in [2.05, 4.69) is 0 Å². The summed E-state index contributed by atoms with van der Waals surface area (Å²) in [6.45, 7) is 0. The fraction of sp³-hybridized carbons (Fsp3) is 0.533. The lowest BCUT2D eigenvalue weighted by Crippen LogP contribution is -2.39. The second-order valence-electron chi connectivity index (χ2n) is 5.26. The van der Waals surface area contributed by atoms with Gasteiger partial charge in [0.2, 0.25) is 0 Å². The Morgan fingerprint density at radius 1 is 1.16 bits per heavy atom. The monoisotopic (exact) mass is 268 g/mol. The van der Waals surface area contributed by atoms with Gasteiger partial charge in [-0.2, -0.15) is 0 Å². The molecule has 0 aliphatic heterocycles. The van der Waals surface area contributed by atoms with Crippen LogP contribution in [0.2, 0.25) is 0 Å². The maximum absolute atomic E-state index is 13.5. The SMILES string of the molecule is O=C(Cc1cccc(F)c1F)C1(O)CCCCCC1. The molecule has 0 heterocycles. The van der Waals surface area contributed by atoms with E-state index in [0.717, 1.165) is 31.7 Å². The first kappa shape index (κ1) is 14.1. The molecule has 0 unspecified atom stereocenters. The Balaban J connectivity index is 2.13. The van der Waals surface area contributed by atoms with E-state index < -0.39 is 23.0 Å². The zero-order valence-corrected chi connectivity index (χ0v) is 10.8. The lowest BCUT2D eigenvalue weighted by atomic mass is 9.86. The predicted molar refractivity (Wildman–Crippen MR) is 67.7 cm³/mol. The fourth-order valence-electron chi connectivity index (χ4n) is 2.61. The molecule has 0 radical (unpaired) electrons. The van der Waals surface area contributed by atoms with Crippen molar-refractivity contribution in [2.75, 3.05) is 0 Å². The summed E-state index contributed by atoms with van der Waals surface area (Å²) in [5.41, 5.74) is -1.35. The number of carbonyl (C=O) groups is 1. The van der Waals surface area contributed by atoms with Crippen molar-refractivity contribution >= 4 is 5.78 Å². The number of hydrogen-bond acceptors (Lipinski definition) is 2. The molecule has 19 heavy (non-hydrogen) atoms. The number of ketones is 1. The summed E-state index contributed by atoms with van der Waals surface area (Å²) in [6.07, 6.45) is 4.20. The minimum absolute atomic E-state index is 0.0164. The summed E-state index contributed by atoms with van der Waals surface area (Å²) in [4.78, 5) is 12.2. The Labute approximate surface area is 111 Å². The summed E-state index contributed by atoms with van der Waals surface area (Å²) >= 11 is 0. The summed E-state index contributed by atoms with van der Waals surface area (Å²) in [5.74, 6) is -2.36. The Morgan fingerprint density at radius 2 is 1.79 bits per heavy atom. The molecule has 0 saturated heterocycles. The molecule has 0 amide bonds. The molecule has 2 nitrogen and oxygen atoms in total. The van der Waals surface area contributed by atoms with E-state index in [0.29, 0.717) is 12.8 Å². The fourth-order valence-corrected chi connectivity index (χ4v) is 2.61. The summed E-state index contributed by atoms with van der Waals surface area (Å²) in [5, 5.41) is 10.4. The van der Waals surface area contributed by atoms with E-state index in [-0.39, 0.29) is 12.0 Å². The minimum atomic E-state index is -1.37. The highest BCUT2D eigenvalue weighted by Gasteiger charge is 2.35. The van der Waals surface area contributed by atoms with Crippen LogP contribution in [0, 0.1) is 11.6 Å². The van der Waals surface area contributed by atoms with Crippen molar-refractivity contribution in [3.05, 3.63) is 35.4 Å². The molecule has 0 bridgehead atoms. The van der Waals surface area contributed by atoms with Crippen LogP contribution in [0.5, 0.6) is 0 Å². The first-order valence-electron chi connectivity index (χ1n) is 6.71. The topological polar surface area (TPSA) is 37.3 Å². The standard InChI is InChI=1S/C15H18F2O2/c16-12-7-5-6-11(14(12)17)10-13(18)15(19)8-3-1-2-4-9-15/h5-7,19H,1-4,8-10H2. The number of aliphatic hydroxyl groups is 1. The first-order chi connectivity index (χ1) is 9.03. The van der Waals surface area contributed by atoms with Crippen LogP contribution in [0.15, 0.2) is 18.2 Å². The molecular formula is C15H18F2O2. The van der Waals surface area contributed by atoms with Gasteiger partial charge in [-0.25, -0.2) is 8.78 Å². The Hall–Kier alpha value is -1.29. The number of Topliss-reactive ketones (excluding diaryl/α,β-unsaturated/α-hetero) is 1. The highest BCUT2D eigenvalue weighted by atomic mass is 19.2. The summed E-state index contributed by atoms with van der Waals surface area (Å²) in [7, 11) is 0. The highest BCUT2D eigenvalue weighted by Crippen LogP contribution is 2.29. The van der Waals surface area contributed by atoms with E-state index in [1.807, 2.05) is 0 Å². The van der Waals surface area contributed by atoms with Crippen molar-refractivity contribution in [3.63, 3.8) is 0 Å². The highest BCUT2D eigenvalue weighted by molar-refractivity contribution is 5.89. The maximum Gasteiger partial charge on any atom is 0.168 e. The molecule has 4 heteroatoms. The average Bonchev–Trinajstić information content (AvgIpc) is 2.61. The summed E-state index contributed by atoms with van der Waals surface area (Å²) in [6, 6.07) is 3.78. The van der Waals surface area contributed by atoms with Gasteiger partial charge in [-0.15, -0.1) is 0 Å². The van der Waals surface area contributed by atoms with Gasteiger partial charge < -0.3 is 5.11 Å². The number of halogens is 2. The van der Waals surface area contributed by atoms with Crippen LogP contribution in [0.3, 0.4) is 0 Å². The Bertz CT molecular complexity index is 463. The number of carbonyl (C=O) groups excluding carboxylic acids is 1. The molecule has 0 spiro atoms. The third-order valence-electron chi connectivity index (χ3n) is 3.83. The lowest BCUT2D eigenvalue weighted by Gasteiger charge is -2.25. The first-order valence-corrected chi connectivity index (χ1v) is 6.71. The van der Waals surface area contributed by atoms with Gasteiger partial charge in [-0.05, 0) is 24.5 Å². The second-order valence-corrected chi connectivity index (χ2v) is 5.26. The van der Waals surface area contributed by atoms with E-state index in [9.17, 15) is 18.7 Å². The van der Waals surface area contributed by atoms with Gasteiger partial charge in [0.15, 0.2) is 17.4 Å². The van der Waals surface area contributed by atoms with Crippen LogP contribution < -0.4 is 0 Å². The van der Waals surface area contributed by atoms with Crippen LogP contribution >= 0.6 is 0 Å². The Kier molecular flexibility index (Phi) is 4.30. The predicted octanol–water partition coefficient (Wildman–Crippen LogP) is 3.16. The molecule has 1 saturated carbocycles. The van der Waals surface area contributed by atoms with Crippen LogP contribution in [0.4, 0.5) is 8.78 Å². The van der Waals surface area contributed by atoms with E-state index >= 15 is 0 Å². The third kappa shape index (κ3) is 3.18. The smallest absolute Gasteiger partial charge is 0.168 e. The van der Waals surface area contributed by atoms with Crippen molar-refractivity contribution in [1.82, 2.24) is 0 Å². The van der Waals surface area contributed by atoms with Crippen LogP contribution in [0.1, 0.15) is 44.1 Å². The van der Waals surface area contributed by atoms with Gasteiger partial charge in [-0.3, -0.25) is 4.79 Å². The van der Waals surface area contributed by atoms with Crippen molar-refractivity contribution in [2.24, 2.45) is 0 Å². The molecule has 1 N–H and O–H groups in total. The van der Waals surface area contributed by atoms with Crippen LogP contribution in [-0.4, -0.2) is 16.5 Å². The molecule has 0 atom stereocenters. The number of rotatable bonds is 3. The number of benzene rings is 1.